The van der Waals surface area contributed by atoms with Crippen molar-refractivity contribution in [3.8, 4) is 11.4 Å². The number of likely N-dealkylation sites (N-methyl/N-ethyl adjacent to an activating group) is 1. The van der Waals surface area contributed by atoms with Crippen LogP contribution in [0.5, 0.6) is 0 Å². The van der Waals surface area contributed by atoms with Crippen molar-refractivity contribution in [3.05, 3.63) is 30.6 Å². The van der Waals surface area contributed by atoms with Crippen LogP contribution in [0, 0.1) is 17.8 Å². The van der Waals surface area contributed by atoms with Gasteiger partial charge in [0.2, 0.25) is 0 Å². The molecule has 0 saturated carbocycles. The van der Waals surface area contributed by atoms with Gasteiger partial charge in [-0.15, -0.1) is 5.10 Å². The number of fused-ring (bicyclic) bond motifs is 1. The lowest BCUT2D eigenvalue weighted by atomic mass is 9.78. The number of aliphatic hydroxyl groups is 1. The highest BCUT2D eigenvalue weighted by Gasteiger charge is 2.58. The third kappa shape index (κ3) is 11.4. The summed E-state index contributed by atoms with van der Waals surface area (Å²) >= 11 is 0.250. The highest BCUT2D eigenvalue weighted by Crippen LogP contribution is 2.40. The van der Waals surface area contributed by atoms with Crippen molar-refractivity contribution in [2.24, 2.45) is 17.8 Å². The molecule has 5 rings (SSSR count). The number of amides is 1. The molecule has 0 radical (unpaired) electrons. The molecule has 3 aliphatic rings. The fraction of sp³-hybridized carbons (Fsp3) is 0.762. The third-order valence-corrected chi connectivity index (χ3v) is 12.3. The second kappa shape index (κ2) is 21.7. The first-order chi connectivity index (χ1) is 28.3. The van der Waals surface area contributed by atoms with Gasteiger partial charge in [0.05, 0.1) is 35.7 Å². The zero-order valence-corrected chi connectivity index (χ0v) is 38.2. The second-order valence-corrected chi connectivity index (χ2v) is 17.5. The highest BCUT2D eigenvalue weighted by atomic mass is 32.2. The number of ether oxygens (including phenoxy) is 5. The van der Waals surface area contributed by atoms with Crippen LogP contribution in [-0.2, 0) is 39.8 Å². The predicted octanol–water partition coefficient (Wildman–Crippen LogP) is 4.94. The third-order valence-electron chi connectivity index (χ3n) is 12.3. The number of rotatable bonds is 10. The van der Waals surface area contributed by atoms with Crippen LogP contribution in [-0.4, -0.2) is 153 Å². The van der Waals surface area contributed by atoms with Gasteiger partial charge in [0, 0.05) is 62.8 Å². The molecule has 0 bridgehead atoms. The topological polar surface area (TPSA) is 180 Å². The molecule has 0 spiro atoms. The normalized spacial score (nSPS) is 35.8. The van der Waals surface area contributed by atoms with Gasteiger partial charge in [0.25, 0.3) is 0 Å². The number of ketones is 1. The lowest BCUT2D eigenvalue weighted by Crippen LogP contribution is -2.61. The molecule has 2 aromatic rings. The molecule has 3 fully saturated rings. The number of Topliss-reactive ketones (excluding diaryl/α,β-unsaturated/α-hetero) is 1. The Hall–Kier alpha value is -3.26. The first-order valence-corrected chi connectivity index (χ1v) is 22.1. The molecule has 16 nitrogen and oxygen atoms in total. The van der Waals surface area contributed by atoms with Crippen molar-refractivity contribution in [2.45, 2.75) is 148 Å². The molecule has 0 aromatic carbocycles. The van der Waals surface area contributed by atoms with E-state index in [1.54, 1.807) is 29.8 Å². The van der Waals surface area contributed by atoms with Gasteiger partial charge in [-0.2, -0.15) is 3.89 Å². The fourth-order valence-electron chi connectivity index (χ4n) is 9.10. The SMILES string of the molecule is CC[C@H]1OC(=O)[C@H](C)C(=O)[C@H](C)[C@@H](O[C@@H]2OC(C)CC(N(C)C)C2O)[C@](C)(OC)C[C@@H](C)CN[C@H](C)[C@H]2N(CCCn3cc(-c4ccccn4)nn3)C(=O)O[C@]12C.CSF. The number of carbonyl (C=O) groups is 3. The van der Waals surface area contributed by atoms with Gasteiger partial charge >= 0.3 is 12.1 Å². The average molecular weight is 866 g/mol. The summed E-state index contributed by atoms with van der Waals surface area (Å²) < 4.78 is 43.4. The van der Waals surface area contributed by atoms with Crippen molar-refractivity contribution >= 4 is 30.0 Å². The van der Waals surface area contributed by atoms with Crippen molar-refractivity contribution in [1.29, 1.82) is 0 Å². The minimum Gasteiger partial charge on any atom is -0.458 e. The Labute approximate surface area is 359 Å². The van der Waals surface area contributed by atoms with Gasteiger partial charge in [0.15, 0.2) is 17.7 Å². The summed E-state index contributed by atoms with van der Waals surface area (Å²) in [4.78, 5) is 50.2. The lowest BCUT2D eigenvalue weighted by Gasteiger charge is -2.46. The van der Waals surface area contributed by atoms with E-state index in [0.29, 0.717) is 51.0 Å². The molecular weight excluding hydrogens is 798 g/mol. The summed E-state index contributed by atoms with van der Waals surface area (Å²) in [6.45, 7) is 16.2. The molecule has 2 aromatic heterocycles. The number of esters is 1. The summed E-state index contributed by atoms with van der Waals surface area (Å²) in [5.41, 5.74) is -0.915. The summed E-state index contributed by atoms with van der Waals surface area (Å²) in [7, 11) is 5.39. The minimum atomic E-state index is -1.24. The van der Waals surface area contributed by atoms with Crippen molar-refractivity contribution < 1.29 is 47.1 Å². The van der Waals surface area contributed by atoms with E-state index < -0.39 is 71.5 Å². The number of pyridine rings is 1. The van der Waals surface area contributed by atoms with Crippen LogP contribution in [0.4, 0.5) is 8.68 Å². The number of hydrogen-bond donors (Lipinski definition) is 2. The minimum absolute atomic E-state index is 0.0165. The molecular formula is C42H68FN7O9S. The van der Waals surface area contributed by atoms with Crippen LogP contribution in [0.3, 0.4) is 0 Å². The maximum atomic E-state index is 14.4. The zero-order valence-electron chi connectivity index (χ0n) is 37.4. The van der Waals surface area contributed by atoms with E-state index in [1.807, 2.05) is 78.0 Å². The van der Waals surface area contributed by atoms with Crippen LogP contribution in [0.1, 0.15) is 81.1 Å². The smallest absolute Gasteiger partial charge is 0.410 e. The van der Waals surface area contributed by atoms with E-state index in [-0.39, 0.29) is 36.3 Å². The zero-order chi connectivity index (χ0) is 44.5. The summed E-state index contributed by atoms with van der Waals surface area (Å²) in [6.07, 6.45) is 2.37. The van der Waals surface area contributed by atoms with E-state index in [0.717, 1.165) is 5.69 Å². The van der Waals surface area contributed by atoms with Crippen molar-refractivity contribution in [1.82, 2.24) is 35.1 Å². The van der Waals surface area contributed by atoms with Crippen LogP contribution >= 0.6 is 12.1 Å². The van der Waals surface area contributed by atoms with E-state index in [1.165, 1.54) is 13.2 Å². The number of carbonyl (C=O) groups excluding carboxylic acids is 3. The summed E-state index contributed by atoms with van der Waals surface area (Å²) in [5.74, 6) is -3.18. The number of aryl methyl sites for hydroxylation is 1. The largest absolute Gasteiger partial charge is 0.458 e. The van der Waals surface area contributed by atoms with E-state index in [9.17, 15) is 23.4 Å². The number of nitrogens with zero attached hydrogens (tertiary/aromatic N) is 6. The van der Waals surface area contributed by atoms with Gasteiger partial charge in [-0.3, -0.25) is 24.2 Å². The fourth-order valence-corrected chi connectivity index (χ4v) is 9.10. The van der Waals surface area contributed by atoms with Crippen molar-refractivity contribution in [2.75, 3.05) is 40.6 Å². The molecule has 3 unspecified atom stereocenters. The molecule has 13 atom stereocenters. The Kier molecular flexibility index (Phi) is 17.9. The van der Waals surface area contributed by atoms with E-state index in [4.69, 9.17) is 23.7 Å². The Morgan fingerprint density at radius 2 is 1.80 bits per heavy atom. The Balaban J connectivity index is 0.00000257. The Morgan fingerprint density at radius 1 is 1.10 bits per heavy atom. The first-order valence-electron chi connectivity index (χ1n) is 21.0. The number of hydrogen-bond acceptors (Lipinski definition) is 15. The summed E-state index contributed by atoms with van der Waals surface area (Å²) in [5, 5.41) is 23.6. The number of halogens is 1. The molecule has 60 heavy (non-hydrogen) atoms. The van der Waals surface area contributed by atoms with Gasteiger partial charge in [-0.05, 0) is 99.0 Å². The number of aromatic nitrogens is 4. The van der Waals surface area contributed by atoms with Crippen LogP contribution in [0.25, 0.3) is 11.4 Å². The van der Waals surface area contributed by atoms with Crippen LogP contribution in [0.2, 0.25) is 0 Å². The van der Waals surface area contributed by atoms with Crippen LogP contribution in [0.15, 0.2) is 30.6 Å². The molecule has 1 amide bonds. The highest BCUT2D eigenvalue weighted by molar-refractivity contribution is 7.93. The number of methoxy groups -OCH3 is 1. The number of nitrogens with one attached hydrogen (secondary N) is 1. The van der Waals surface area contributed by atoms with Crippen molar-refractivity contribution in [3.63, 3.8) is 0 Å². The average Bonchev–Trinajstić information content (AvgIpc) is 3.79. The van der Waals surface area contributed by atoms with Gasteiger partial charge in [-0.1, -0.05) is 32.1 Å². The van der Waals surface area contributed by atoms with Crippen LogP contribution < -0.4 is 5.32 Å². The molecule has 2 N–H and O–H groups in total. The monoisotopic (exact) mass is 865 g/mol. The first kappa shape index (κ1) is 49.4. The molecule has 3 saturated heterocycles. The van der Waals surface area contributed by atoms with E-state index >= 15 is 0 Å². The van der Waals surface area contributed by atoms with Gasteiger partial charge in [-0.25, -0.2) is 4.79 Å². The molecule has 0 aliphatic carbocycles. The predicted molar refractivity (Wildman–Crippen MR) is 225 cm³/mol. The maximum absolute atomic E-state index is 14.4. The molecule has 5 heterocycles. The summed E-state index contributed by atoms with van der Waals surface area (Å²) in [6, 6.07) is 4.53. The second-order valence-electron chi connectivity index (χ2n) is 17.2. The van der Waals surface area contributed by atoms with Gasteiger partial charge in [0.1, 0.15) is 23.8 Å². The molecule has 3 aliphatic heterocycles. The maximum Gasteiger partial charge on any atom is 0.410 e. The number of cyclic esters (lactones) is 1. The lowest BCUT2D eigenvalue weighted by molar-refractivity contribution is -0.295. The Morgan fingerprint density at radius 3 is 2.42 bits per heavy atom. The number of aliphatic hydroxyl groups excluding tert-OH is 1. The quantitative estimate of drug-likeness (QED) is 0.242. The standard InChI is InChI=1S/C41H65N7O9.CH3FS/c1-12-32-41(8)35(48(39(52)57-41)19-15-18-47-23-30(44-45-47)29-16-13-14-17-42-29)28(6)43-22-24(2)21-40(7,53-11)36(26(4)33(49)27(5)37(51)55-32)56-38-34(50)31(46(9)10)20-25(3)54-38;1-3-2/h13-14,16-17,23-28,31-32,34-36,38,43,50H,12,15,18-22H2,1-11H3;1H3/t24-,25?,26+,27-,28-,31?,32-,34?,35-,36-,38+,40-,41-;/m1./s1. The van der Waals surface area contributed by atoms with E-state index in [2.05, 4.69) is 27.5 Å². The Bertz CT molecular complexity index is 1700. The van der Waals surface area contributed by atoms with Gasteiger partial charge < -0.3 is 39.0 Å². The molecule has 338 valence electrons. The molecule has 18 heteroatoms.